The van der Waals surface area contributed by atoms with Gasteiger partial charge in [-0.1, -0.05) is 61.9 Å². The molecule has 0 aliphatic carbocycles. The number of nitrogens with zero attached hydrogens (tertiary/aromatic N) is 2. The van der Waals surface area contributed by atoms with Gasteiger partial charge >= 0.3 is 0 Å². The van der Waals surface area contributed by atoms with Crippen LogP contribution in [0.15, 0.2) is 66.7 Å². The summed E-state index contributed by atoms with van der Waals surface area (Å²) in [6.07, 6.45) is 4.36. The van der Waals surface area contributed by atoms with Crippen molar-refractivity contribution in [3.05, 3.63) is 72.6 Å². The summed E-state index contributed by atoms with van der Waals surface area (Å²) >= 11 is 0. The van der Waals surface area contributed by atoms with Crippen molar-refractivity contribution in [3.8, 4) is 5.75 Å². The highest BCUT2D eigenvalue weighted by Gasteiger charge is 2.10. The molecule has 0 spiro atoms. The number of fused-ring (bicyclic) bond motifs is 2. The molecular weight excluding hydrogens is 332 g/mol. The highest BCUT2D eigenvalue weighted by molar-refractivity contribution is 5.88. The van der Waals surface area contributed by atoms with Gasteiger partial charge in [0.15, 0.2) is 0 Å². The molecule has 0 saturated carbocycles. The minimum atomic E-state index is 0.702. The van der Waals surface area contributed by atoms with Gasteiger partial charge in [0.1, 0.15) is 11.6 Å². The average molecular weight is 358 g/mol. The molecule has 4 aromatic rings. The van der Waals surface area contributed by atoms with E-state index in [0.717, 1.165) is 30.7 Å². The normalized spacial score (nSPS) is 11.3. The summed E-state index contributed by atoms with van der Waals surface area (Å²) in [6.45, 7) is 3.86. The molecule has 0 aliphatic heterocycles. The van der Waals surface area contributed by atoms with E-state index >= 15 is 0 Å². The van der Waals surface area contributed by atoms with Crippen molar-refractivity contribution < 1.29 is 4.74 Å². The van der Waals surface area contributed by atoms with Gasteiger partial charge in [-0.2, -0.15) is 0 Å². The third kappa shape index (κ3) is 3.82. The van der Waals surface area contributed by atoms with Gasteiger partial charge in [0, 0.05) is 18.4 Å². The molecule has 0 radical (unpaired) electrons. The fraction of sp³-hybridized carbons (Fsp3) is 0.292. The minimum Gasteiger partial charge on any atom is -0.493 e. The van der Waals surface area contributed by atoms with Crippen LogP contribution in [0.1, 0.15) is 32.0 Å². The standard InChI is InChI=1S/C24H26N2O/c1-2-3-16-24-25-21-13-6-7-14-22(21)26(24)17-9-18-27-23-15-8-11-19-10-4-5-12-20(19)23/h4-8,10-15H,2-3,9,16-18H2,1H3. The second kappa shape index (κ2) is 8.26. The molecule has 0 saturated heterocycles. The number of rotatable bonds is 8. The Morgan fingerprint density at radius 2 is 1.70 bits per heavy atom. The first-order valence-electron chi connectivity index (χ1n) is 9.91. The lowest BCUT2D eigenvalue weighted by molar-refractivity contribution is 0.305. The largest absolute Gasteiger partial charge is 0.493 e. The number of hydrogen-bond acceptors (Lipinski definition) is 2. The third-order valence-corrected chi connectivity index (χ3v) is 5.02. The van der Waals surface area contributed by atoms with Crippen LogP contribution in [0, 0.1) is 0 Å². The van der Waals surface area contributed by atoms with Crippen LogP contribution in [0.3, 0.4) is 0 Å². The van der Waals surface area contributed by atoms with Crippen molar-refractivity contribution in [1.29, 1.82) is 0 Å². The molecule has 0 aliphatic rings. The second-order valence-electron chi connectivity index (χ2n) is 6.95. The Hall–Kier alpha value is -2.81. The Morgan fingerprint density at radius 3 is 2.63 bits per heavy atom. The van der Waals surface area contributed by atoms with Crippen molar-refractivity contribution in [2.45, 2.75) is 39.2 Å². The van der Waals surface area contributed by atoms with Crippen LogP contribution in [0.2, 0.25) is 0 Å². The number of para-hydroxylation sites is 2. The van der Waals surface area contributed by atoms with Crippen molar-refractivity contribution in [2.75, 3.05) is 6.61 Å². The molecule has 0 unspecified atom stereocenters. The SMILES string of the molecule is CCCCc1nc2ccccc2n1CCCOc1cccc2ccccc12. The first kappa shape index (κ1) is 17.6. The van der Waals surface area contributed by atoms with Gasteiger partial charge in [-0.3, -0.25) is 0 Å². The molecule has 0 fully saturated rings. The van der Waals surface area contributed by atoms with E-state index in [9.17, 15) is 0 Å². The van der Waals surface area contributed by atoms with Gasteiger partial charge in [-0.25, -0.2) is 4.98 Å². The van der Waals surface area contributed by atoms with E-state index in [2.05, 4.69) is 78.2 Å². The first-order valence-corrected chi connectivity index (χ1v) is 9.91. The Kier molecular flexibility index (Phi) is 5.38. The third-order valence-electron chi connectivity index (χ3n) is 5.02. The zero-order valence-electron chi connectivity index (χ0n) is 15.9. The van der Waals surface area contributed by atoms with Gasteiger partial charge in [0.25, 0.3) is 0 Å². The predicted octanol–water partition coefficient (Wildman–Crippen LogP) is 6.00. The second-order valence-corrected chi connectivity index (χ2v) is 6.95. The van der Waals surface area contributed by atoms with Gasteiger partial charge < -0.3 is 9.30 Å². The molecule has 0 amide bonds. The molecule has 3 aromatic carbocycles. The Morgan fingerprint density at radius 1 is 0.889 bits per heavy atom. The summed E-state index contributed by atoms with van der Waals surface area (Å²) in [4.78, 5) is 4.85. The van der Waals surface area contributed by atoms with E-state index in [1.54, 1.807) is 0 Å². The molecule has 3 heteroatoms. The average Bonchev–Trinajstić information content (AvgIpc) is 3.07. The predicted molar refractivity (Wildman–Crippen MR) is 112 cm³/mol. The first-order chi connectivity index (χ1) is 13.4. The van der Waals surface area contributed by atoms with Gasteiger partial charge in [-0.15, -0.1) is 0 Å². The summed E-state index contributed by atoms with van der Waals surface area (Å²) in [5.41, 5.74) is 2.33. The minimum absolute atomic E-state index is 0.702. The van der Waals surface area contributed by atoms with Gasteiger partial charge in [0.05, 0.1) is 17.6 Å². The van der Waals surface area contributed by atoms with Crippen LogP contribution in [0.5, 0.6) is 5.75 Å². The van der Waals surface area contributed by atoms with Gasteiger partial charge in [0.2, 0.25) is 0 Å². The molecule has 138 valence electrons. The van der Waals surface area contributed by atoms with E-state index in [0.29, 0.717) is 6.61 Å². The summed E-state index contributed by atoms with van der Waals surface area (Å²) in [5, 5.41) is 2.40. The number of benzene rings is 3. The molecule has 1 heterocycles. The summed E-state index contributed by atoms with van der Waals surface area (Å²) < 4.78 is 8.49. The number of unbranched alkanes of at least 4 members (excludes halogenated alkanes) is 1. The maximum atomic E-state index is 6.12. The van der Waals surface area contributed by atoms with E-state index in [1.165, 1.54) is 35.0 Å². The molecule has 3 nitrogen and oxygen atoms in total. The number of ether oxygens (including phenoxy) is 1. The number of hydrogen-bond donors (Lipinski definition) is 0. The van der Waals surface area contributed by atoms with Crippen molar-refractivity contribution >= 4 is 21.8 Å². The number of imidazole rings is 1. The summed E-state index contributed by atoms with van der Waals surface area (Å²) in [5.74, 6) is 2.16. The fourth-order valence-corrected chi connectivity index (χ4v) is 3.63. The Bertz CT molecular complexity index is 1030. The Balaban J connectivity index is 1.45. The van der Waals surface area contributed by atoms with Crippen molar-refractivity contribution in [1.82, 2.24) is 9.55 Å². The van der Waals surface area contributed by atoms with E-state index < -0.39 is 0 Å². The molecule has 0 bridgehead atoms. The summed E-state index contributed by atoms with van der Waals surface area (Å²) in [7, 11) is 0. The molecular formula is C24H26N2O. The maximum absolute atomic E-state index is 6.12. The van der Waals surface area contributed by atoms with Crippen LogP contribution in [-0.2, 0) is 13.0 Å². The van der Waals surface area contributed by atoms with E-state index in [4.69, 9.17) is 9.72 Å². The monoisotopic (exact) mass is 358 g/mol. The topological polar surface area (TPSA) is 27.1 Å². The van der Waals surface area contributed by atoms with Crippen LogP contribution < -0.4 is 4.74 Å². The van der Waals surface area contributed by atoms with Crippen molar-refractivity contribution in [2.24, 2.45) is 0 Å². The maximum Gasteiger partial charge on any atom is 0.127 e. The van der Waals surface area contributed by atoms with Crippen molar-refractivity contribution in [3.63, 3.8) is 0 Å². The van der Waals surface area contributed by atoms with Crippen LogP contribution in [0.4, 0.5) is 0 Å². The number of aromatic nitrogens is 2. The summed E-state index contributed by atoms with van der Waals surface area (Å²) in [6, 6.07) is 23.0. The van der Waals surface area contributed by atoms with E-state index in [-0.39, 0.29) is 0 Å². The van der Waals surface area contributed by atoms with E-state index in [1.807, 2.05) is 0 Å². The molecule has 4 rings (SSSR count). The highest BCUT2D eigenvalue weighted by atomic mass is 16.5. The lowest BCUT2D eigenvalue weighted by atomic mass is 10.1. The van der Waals surface area contributed by atoms with Crippen LogP contribution >= 0.6 is 0 Å². The molecule has 27 heavy (non-hydrogen) atoms. The zero-order valence-corrected chi connectivity index (χ0v) is 15.9. The van der Waals surface area contributed by atoms with Crippen LogP contribution in [-0.4, -0.2) is 16.2 Å². The molecule has 1 aromatic heterocycles. The van der Waals surface area contributed by atoms with Gasteiger partial charge in [-0.05, 0) is 36.4 Å². The lowest BCUT2D eigenvalue weighted by Crippen LogP contribution is -2.08. The molecule has 0 N–H and O–H groups in total. The number of aryl methyl sites for hydroxylation is 2. The van der Waals surface area contributed by atoms with Crippen LogP contribution in [0.25, 0.3) is 21.8 Å². The fourth-order valence-electron chi connectivity index (χ4n) is 3.63. The molecule has 0 atom stereocenters. The highest BCUT2D eigenvalue weighted by Crippen LogP contribution is 2.25. The lowest BCUT2D eigenvalue weighted by Gasteiger charge is -2.12. The Labute approximate surface area is 160 Å². The quantitative estimate of drug-likeness (QED) is 0.361. The zero-order chi connectivity index (χ0) is 18.5. The smallest absolute Gasteiger partial charge is 0.127 e.